The predicted molar refractivity (Wildman–Crippen MR) is 38.4 cm³/mol. The zero-order chi connectivity index (χ0) is 7.28. The lowest BCUT2D eigenvalue weighted by Crippen LogP contribution is -2.20. The van der Waals surface area contributed by atoms with Crippen LogP contribution in [0.4, 0.5) is 0 Å². The Bertz CT molecular complexity index is 183. The lowest BCUT2D eigenvalue weighted by Gasteiger charge is -1.93. The third kappa shape index (κ3) is 2.39. The van der Waals surface area contributed by atoms with Crippen molar-refractivity contribution >= 4 is 5.84 Å². The minimum absolute atomic E-state index is 0.194. The molecule has 4 N–H and O–H groups in total. The third-order valence-corrected chi connectivity index (χ3v) is 0.792. The van der Waals surface area contributed by atoms with Gasteiger partial charge in [0, 0.05) is 6.04 Å². The number of hydrogen-bond donors (Lipinski definition) is 2. The summed E-state index contributed by atoms with van der Waals surface area (Å²) in [6, 6.07) is 2.02. The predicted octanol–water partition coefficient (Wildman–Crippen LogP) is -0.203. The average molecular weight is 123 g/mol. The van der Waals surface area contributed by atoms with Crippen molar-refractivity contribution in [1.29, 1.82) is 0 Å². The van der Waals surface area contributed by atoms with Gasteiger partial charge >= 0.3 is 0 Å². The fourth-order valence-corrected chi connectivity index (χ4v) is 0.282. The Kier molecular flexibility index (Phi) is 2.99. The van der Waals surface area contributed by atoms with Crippen molar-refractivity contribution < 1.29 is 0 Å². The largest absolute Gasteiger partial charge is 0.396 e. The maximum absolute atomic E-state index is 5.31. The molecule has 0 saturated heterocycles. The van der Waals surface area contributed by atoms with Gasteiger partial charge in [-0.1, -0.05) is 12.5 Å². The number of amidine groups is 1. The summed E-state index contributed by atoms with van der Waals surface area (Å²) in [4.78, 5) is 3.42. The summed E-state index contributed by atoms with van der Waals surface area (Å²) in [5.74, 6) is 0.194. The molecule has 0 heterocycles. The number of aliphatic imine (C=N–C) groups is 1. The number of nitrogens with two attached hydrogens (primary N) is 2. The van der Waals surface area contributed by atoms with E-state index >= 15 is 0 Å². The Morgan fingerprint density at radius 3 is 2.56 bits per heavy atom. The molecule has 0 fully saturated rings. The highest BCUT2D eigenvalue weighted by Gasteiger charge is 1.90. The van der Waals surface area contributed by atoms with E-state index in [1.54, 1.807) is 13.0 Å². The zero-order valence-electron chi connectivity index (χ0n) is 5.26. The van der Waals surface area contributed by atoms with Crippen molar-refractivity contribution in [1.82, 2.24) is 0 Å². The summed E-state index contributed by atoms with van der Waals surface area (Å²) >= 11 is 0. The molecule has 0 amide bonds. The second kappa shape index (κ2) is 3.56. The summed E-state index contributed by atoms with van der Waals surface area (Å²) < 4.78 is 0. The molecule has 0 spiro atoms. The molecule has 0 radical (unpaired) electrons. The molecule has 0 rings (SSSR count). The highest BCUT2D eigenvalue weighted by molar-refractivity contribution is 5.96. The van der Waals surface area contributed by atoms with Crippen LogP contribution in [0, 0.1) is 12.5 Å². The van der Waals surface area contributed by atoms with E-state index in [9.17, 15) is 0 Å². The zero-order valence-corrected chi connectivity index (χ0v) is 5.26. The van der Waals surface area contributed by atoms with Crippen LogP contribution in [0.5, 0.6) is 0 Å². The molecule has 0 aromatic heterocycles. The standard InChI is InChI=1S/C6H9N3/c1-3-5(7)6(8)9-4-2/h2-3H,7H2,1H3,(H2,8,9)/b5-3+. The maximum atomic E-state index is 5.31. The van der Waals surface area contributed by atoms with Gasteiger partial charge in [0.1, 0.15) is 0 Å². The van der Waals surface area contributed by atoms with Crippen molar-refractivity contribution in [2.45, 2.75) is 6.92 Å². The topological polar surface area (TPSA) is 64.4 Å². The lowest BCUT2D eigenvalue weighted by molar-refractivity contribution is 1.38. The molecule has 0 unspecified atom stereocenters. The van der Waals surface area contributed by atoms with Crippen molar-refractivity contribution in [3.8, 4) is 12.5 Å². The quantitative estimate of drug-likeness (QED) is 0.288. The molecule has 0 aromatic carbocycles. The van der Waals surface area contributed by atoms with Gasteiger partial charge in [-0.15, -0.1) is 0 Å². The summed E-state index contributed by atoms with van der Waals surface area (Å²) in [7, 11) is 0. The first-order chi connectivity index (χ1) is 4.22. The highest BCUT2D eigenvalue weighted by Crippen LogP contribution is 1.81. The lowest BCUT2D eigenvalue weighted by atomic mass is 10.4. The molecule has 3 heteroatoms. The van der Waals surface area contributed by atoms with Gasteiger partial charge in [-0.25, -0.2) is 0 Å². The molecule has 0 aromatic rings. The van der Waals surface area contributed by atoms with Crippen LogP contribution in [-0.2, 0) is 0 Å². The summed E-state index contributed by atoms with van der Waals surface area (Å²) in [6.07, 6.45) is 6.46. The molecule has 0 atom stereocenters. The summed E-state index contributed by atoms with van der Waals surface area (Å²) in [6.45, 7) is 1.76. The van der Waals surface area contributed by atoms with Crippen molar-refractivity contribution in [3.63, 3.8) is 0 Å². The van der Waals surface area contributed by atoms with E-state index in [0.29, 0.717) is 5.70 Å². The fourth-order valence-electron chi connectivity index (χ4n) is 0.282. The van der Waals surface area contributed by atoms with Crippen LogP contribution in [-0.4, -0.2) is 5.84 Å². The van der Waals surface area contributed by atoms with Gasteiger partial charge < -0.3 is 11.5 Å². The van der Waals surface area contributed by atoms with E-state index in [1.165, 1.54) is 0 Å². The Morgan fingerprint density at radius 1 is 1.67 bits per heavy atom. The SMILES string of the molecule is C#CN=C(N)/C(N)=C\C. The smallest absolute Gasteiger partial charge is 0.156 e. The second-order valence-corrected chi connectivity index (χ2v) is 1.37. The second-order valence-electron chi connectivity index (χ2n) is 1.37. The van der Waals surface area contributed by atoms with Crippen LogP contribution in [0.15, 0.2) is 16.8 Å². The fraction of sp³-hybridized carbons (Fsp3) is 0.167. The molecule has 0 aliphatic heterocycles. The maximum Gasteiger partial charge on any atom is 0.156 e. The van der Waals surface area contributed by atoms with E-state index in [2.05, 4.69) is 4.99 Å². The van der Waals surface area contributed by atoms with E-state index in [-0.39, 0.29) is 5.84 Å². The van der Waals surface area contributed by atoms with Crippen molar-refractivity contribution in [2.75, 3.05) is 0 Å². The molecule has 9 heavy (non-hydrogen) atoms. The minimum atomic E-state index is 0.194. The van der Waals surface area contributed by atoms with Gasteiger partial charge in [0.25, 0.3) is 0 Å². The normalized spacial score (nSPS) is 12.9. The van der Waals surface area contributed by atoms with Gasteiger partial charge in [-0.3, -0.25) is 0 Å². The molecule has 0 aliphatic rings. The molecule has 3 nitrogen and oxygen atoms in total. The van der Waals surface area contributed by atoms with Crippen molar-refractivity contribution in [2.24, 2.45) is 16.5 Å². The van der Waals surface area contributed by atoms with Crippen LogP contribution in [0.3, 0.4) is 0 Å². The van der Waals surface area contributed by atoms with Gasteiger partial charge in [-0.2, -0.15) is 4.99 Å². The summed E-state index contributed by atoms with van der Waals surface area (Å²) in [5.41, 5.74) is 11.0. The van der Waals surface area contributed by atoms with E-state index in [0.717, 1.165) is 0 Å². The van der Waals surface area contributed by atoms with Crippen LogP contribution < -0.4 is 11.5 Å². The Hall–Kier alpha value is -1.43. The number of allylic oxidation sites excluding steroid dienone is 1. The van der Waals surface area contributed by atoms with E-state index in [4.69, 9.17) is 17.9 Å². The number of rotatable bonds is 1. The Balaban J connectivity index is 4.25. The van der Waals surface area contributed by atoms with Gasteiger partial charge in [-0.05, 0) is 6.92 Å². The molecule has 0 saturated carbocycles. The highest BCUT2D eigenvalue weighted by atomic mass is 14.9. The third-order valence-electron chi connectivity index (χ3n) is 0.792. The summed E-state index contributed by atoms with van der Waals surface area (Å²) in [5, 5.41) is 0. The Labute approximate surface area is 54.4 Å². The number of nitrogens with zero attached hydrogens (tertiary/aromatic N) is 1. The van der Waals surface area contributed by atoms with Crippen molar-refractivity contribution in [3.05, 3.63) is 11.8 Å². The monoisotopic (exact) mass is 123 g/mol. The van der Waals surface area contributed by atoms with Gasteiger partial charge in [0.15, 0.2) is 5.84 Å². The molecule has 0 aliphatic carbocycles. The number of hydrogen-bond acceptors (Lipinski definition) is 2. The van der Waals surface area contributed by atoms with Crippen LogP contribution in [0.1, 0.15) is 6.92 Å². The van der Waals surface area contributed by atoms with Crippen LogP contribution >= 0.6 is 0 Å². The minimum Gasteiger partial charge on any atom is -0.396 e. The average Bonchev–Trinajstić information content (AvgIpc) is 1.87. The molecular weight excluding hydrogens is 114 g/mol. The van der Waals surface area contributed by atoms with Gasteiger partial charge in [0.05, 0.1) is 5.70 Å². The van der Waals surface area contributed by atoms with Gasteiger partial charge in [0.2, 0.25) is 0 Å². The molecule has 48 valence electrons. The first kappa shape index (κ1) is 7.57. The van der Waals surface area contributed by atoms with E-state index in [1.807, 2.05) is 6.04 Å². The van der Waals surface area contributed by atoms with E-state index < -0.39 is 0 Å². The molecule has 0 bridgehead atoms. The first-order valence-electron chi connectivity index (χ1n) is 2.43. The van der Waals surface area contributed by atoms with Crippen LogP contribution in [0.25, 0.3) is 0 Å². The van der Waals surface area contributed by atoms with Crippen LogP contribution in [0.2, 0.25) is 0 Å². The first-order valence-corrected chi connectivity index (χ1v) is 2.43. The molecular formula is C6H9N3. The Morgan fingerprint density at radius 2 is 2.22 bits per heavy atom. The number of terminal acetylenes is 1.